The Bertz CT molecular complexity index is 476. The van der Waals surface area contributed by atoms with Crippen LogP contribution in [-0.2, 0) is 6.42 Å². The van der Waals surface area contributed by atoms with Gasteiger partial charge >= 0.3 is 0 Å². The average Bonchev–Trinajstić information content (AvgIpc) is 2.29. The molecule has 1 fully saturated rings. The highest BCUT2D eigenvalue weighted by atomic mass is 19.1. The third-order valence-electron chi connectivity index (χ3n) is 3.74. The number of nitrogens with one attached hydrogen (secondary N) is 1. The second kappa shape index (κ2) is 3.57. The lowest BCUT2D eigenvalue weighted by Crippen LogP contribution is -2.39. The number of piperidine rings is 1. The first-order valence-corrected chi connectivity index (χ1v) is 5.71. The van der Waals surface area contributed by atoms with Gasteiger partial charge in [0.15, 0.2) is 0 Å². The smallest absolute Gasteiger partial charge is 0.141 e. The topological polar surface area (TPSA) is 35.8 Å². The van der Waals surface area contributed by atoms with E-state index >= 15 is 0 Å². The molecule has 0 aromatic heterocycles. The van der Waals surface area contributed by atoms with Crippen molar-refractivity contribution in [2.24, 2.45) is 5.92 Å². The fraction of sp³-hybridized carbons (Fsp3) is 0.462. The van der Waals surface area contributed by atoms with Crippen molar-refractivity contribution in [3.8, 4) is 6.07 Å². The predicted molar refractivity (Wildman–Crippen MR) is 58.5 cm³/mol. The first-order valence-electron chi connectivity index (χ1n) is 5.71. The molecular formula is C13H13FN2. The van der Waals surface area contributed by atoms with Gasteiger partial charge in [-0.1, -0.05) is 0 Å². The highest BCUT2D eigenvalue weighted by molar-refractivity contribution is 5.43. The van der Waals surface area contributed by atoms with Crippen LogP contribution in [0.4, 0.5) is 4.39 Å². The molecule has 1 N–H and O–H groups in total. The normalized spacial score (nSPS) is 27.0. The van der Waals surface area contributed by atoms with Gasteiger partial charge in [-0.2, -0.15) is 5.26 Å². The summed E-state index contributed by atoms with van der Waals surface area (Å²) < 4.78 is 13.5. The van der Waals surface area contributed by atoms with E-state index in [1.807, 2.05) is 6.07 Å². The van der Waals surface area contributed by atoms with E-state index < -0.39 is 0 Å². The average molecular weight is 216 g/mol. The molecule has 0 saturated carbocycles. The third kappa shape index (κ3) is 1.42. The van der Waals surface area contributed by atoms with E-state index in [1.165, 1.54) is 12.0 Å². The zero-order valence-electron chi connectivity index (χ0n) is 8.96. The first kappa shape index (κ1) is 9.80. The number of fused-ring (bicyclic) bond motifs is 4. The number of rotatable bonds is 0. The number of nitriles is 1. The predicted octanol–water partition coefficient (Wildman–Crippen LogP) is 1.95. The molecule has 1 aromatic rings. The molecule has 0 amide bonds. The van der Waals surface area contributed by atoms with Crippen LogP contribution < -0.4 is 5.32 Å². The molecule has 2 unspecified atom stereocenters. The summed E-state index contributed by atoms with van der Waals surface area (Å²) in [6.07, 6.45) is 2.12. The van der Waals surface area contributed by atoms with Gasteiger partial charge in [0, 0.05) is 6.54 Å². The molecule has 3 heteroatoms. The molecule has 2 nitrogen and oxygen atoms in total. The molecule has 2 bridgehead atoms. The van der Waals surface area contributed by atoms with Gasteiger partial charge in [0.25, 0.3) is 0 Å². The summed E-state index contributed by atoms with van der Waals surface area (Å²) in [5, 5.41) is 12.2. The van der Waals surface area contributed by atoms with Gasteiger partial charge in [0.1, 0.15) is 11.9 Å². The highest BCUT2D eigenvalue weighted by Crippen LogP contribution is 2.37. The number of nitrogens with zero attached hydrogens (tertiary/aromatic N) is 1. The summed E-state index contributed by atoms with van der Waals surface area (Å²) in [6, 6.07) is 5.24. The van der Waals surface area contributed by atoms with Crippen LogP contribution in [0.5, 0.6) is 0 Å². The molecule has 0 radical (unpaired) electrons. The lowest BCUT2D eigenvalue weighted by atomic mass is 9.74. The van der Waals surface area contributed by atoms with Crippen molar-refractivity contribution >= 4 is 0 Å². The molecule has 2 atom stereocenters. The molecule has 16 heavy (non-hydrogen) atoms. The van der Waals surface area contributed by atoms with E-state index in [0.717, 1.165) is 25.1 Å². The Morgan fingerprint density at radius 1 is 1.38 bits per heavy atom. The Hall–Kier alpha value is -1.40. The van der Waals surface area contributed by atoms with E-state index in [-0.39, 0.29) is 11.4 Å². The van der Waals surface area contributed by atoms with Crippen LogP contribution in [0.3, 0.4) is 0 Å². The lowest BCUT2D eigenvalue weighted by molar-refractivity contribution is 0.317. The van der Waals surface area contributed by atoms with Gasteiger partial charge in [-0.25, -0.2) is 4.39 Å². The SMILES string of the molecule is N#Cc1cc2c(cc1F)CC1CNCC2C1. The molecule has 3 rings (SSSR count). The summed E-state index contributed by atoms with van der Waals surface area (Å²) in [5.74, 6) is 0.739. The minimum Gasteiger partial charge on any atom is -0.316 e. The number of hydrogen-bond donors (Lipinski definition) is 1. The van der Waals surface area contributed by atoms with E-state index in [2.05, 4.69) is 5.32 Å². The zero-order valence-corrected chi connectivity index (χ0v) is 8.96. The van der Waals surface area contributed by atoms with Crippen LogP contribution >= 0.6 is 0 Å². The van der Waals surface area contributed by atoms with Gasteiger partial charge in [-0.15, -0.1) is 0 Å². The number of hydrogen-bond acceptors (Lipinski definition) is 2. The largest absolute Gasteiger partial charge is 0.316 e. The Kier molecular flexibility index (Phi) is 2.19. The maximum Gasteiger partial charge on any atom is 0.141 e. The van der Waals surface area contributed by atoms with Crippen molar-refractivity contribution < 1.29 is 4.39 Å². The van der Waals surface area contributed by atoms with Gasteiger partial charge in [-0.05, 0) is 54.5 Å². The Labute approximate surface area is 94.1 Å². The van der Waals surface area contributed by atoms with E-state index in [1.54, 1.807) is 12.1 Å². The summed E-state index contributed by atoms with van der Waals surface area (Å²) in [5.41, 5.74) is 2.48. The second-order valence-electron chi connectivity index (χ2n) is 4.80. The highest BCUT2D eigenvalue weighted by Gasteiger charge is 2.30. The number of benzene rings is 1. The maximum absolute atomic E-state index is 13.5. The van der Waals surface area contributed by atoms with Crippen LogP contribution in [-0.4, -0.2) is 13.1 Å². The monoisotopic (exact) mass is 216 g/mol. The van der Waals surface area contributed by atoms with Crippen LogP contribution in [0.25, 0.3) is 0 Å². The lowest BCUT2D eigenvalue weighted by Gasteiger charge is -2.36. The fourth-order valence-electron chi connectivity index (χ4n) is 3.01. The van der Waals surface area contributed by atoms with Gasteiger partial charge in [-0.3, -0.25) is 0 Å². The molecule has 1 aliphatic carbocycles. The second-order valence-corrected chi connectivity index (χ2v) is 4.80. The van der Waals surface area contributed by atoms with Crippen LogP contribution in [0.2, 0.25) is 0 Å². The standard InChI is InChI=1S/C13H13FN2/c14-13-4-9-1-8-2-11(7-16-6-8)12(9)3-10(13)5-15/h3-4,8,11,16H,1-2,6-7H2. The molecule has 2 aliphatic rings. The summed E-state index contributed by atoms with van der Waals surface area (Å²) in [6.45, 7) is 2.00. The zero-order chi connectivity index (χ0) is 11.1. The molecule has 1 aliphatic heterocycles. The molecule has 82 valence electrons. The van der Waals surface area contributed by atoms with E-state index in [0.29, 0.717) is 11.8 Å². The van der Waals surface area contributed by atoms with Crippen LogP contribution in [0.1, 0.15) is 29.0 Å². The van der Waals surface area contributed by atoms with Gasteiger partial charge < -0.3 is 5.32 Å². The minimum absolute atomic E-state index is 0.183. The van der Waals surface area contributed by atoms with Gasteiger partial charge in [0.05, 0.1) is 5.56 Å². The Morgan fingerprint density at radius 3 is 3.06 bits per heavy atom. The van der Waals surface area contributed by atoms with Crippen LogP contribution in [0, 0.1) is 23.1 Å². The van der Waals surface area contributed by atoms with Crippen molar-refractivity contribution in [2.75, 3.05) is 13.1 Å². The Balaban J connectivity index is 2.11. The minimum atomic E-state index is -0.366. The molecular weight excluding hydrogens is 203 g/mol. The summed E-state index contributed by atoms with van der Waals surface area (Å²) in [7, 11) is 0. The van der Waals surface area contributed by atoms with Crippen molar-refractivity contribution in [3.63, 3.8) is 0 Å². The Morgan fingerprint density at radius 2 is 2.25 bits per heavy atom. The molecule has 1 heterocycles. The van der Waals surface area contributed by atoms with Gasteiger partial charge in [0.2, 0.25) is 0 Å². The van der Waals surface area contributed by atoms with Crippen molar-refractivity contribution in [2.45, 2.75) is 18.8 Å². The van der Waals surface area contributed by atoms with E-state index in [4.69, 9.17) is 5.26 Å². The third-order valence-corrected chi connectivity index (χ3v) is 3.74. The molecule has 1 saturated heterocycles. The maximum atomic E-state index is 13.5. The molecule has 1 aromatic carbocycles. The van der Waals surface area contributed by atoms with Crippen molar-refractivity contribution in [1.29, 1.82) is 5.26 Å². The van der Waals surface area contributed by atoms with Crippen LogP contribution in [0.15, 0.2) is 12.1 Å². The van der Waals surface area contributed by atoms with E-state index in [9.17, 15) is 4.39 Å². The summed E-state index contributed by atoms with van der Waals surface area (Å²) >= 11 is 0. The number of halogens is 1. The fourth-order valence-corrected chi connectivity index (χ4v) is 3.01. The van der Waals surface area contributed by atoms with Crippen molar-refractivity contribution in [1.82, 2.24) is 5.32 Å². The van der Waals surface area contributed by atoms with Crippen molar-refractivity contribution in [3.05, 3.63) is 34.6 Å². The summed E-state index contributed by atoms with van der Waals surface area (Å²) in [4.78, 5) is 0. The quantitative estimate of drug-likeness (QED) is 0.719. The molecule has 0 spiro atoms. The first-order chi connectivity index (χ1) is 7.78.